The van der Waals surface area contributed by atoms with Gasteiger partial charge in [0.2, 0.25) is 0 Å². The van der Waals surface area contributed by atoms with Crippen LogP contribution in [0.25, 0.3) is 11.0 Å². The lowest BCUT2D eigenvalue weighted by Crippen LogP contribution is -2.51. The van der Waals surface area contributed by atoms with Crippen molar-refractivity contribution >= 4 is 22.6 Å². The van der Waals surface area contributed by atoms with E-state index in [0.717, 1.165) is 16.9 Å². The zero-order valence-corrected chi connectivity index (χ0v) is 13.1. The second-order valence-corrected chi connectivity index (χ2v) is 6.55. The molecule has 3 unspecified atom stereocenters. The normalized spacial score (nSPS) is 25.1. The number of alkyl halides is 1. The average molecular weight is 292 g/mol. The minimum Gasteiger partial charge on any atom is -0.305 e. The van der Waals surface area contributed by atoms with Crippen LogP contribution in [0.1, 0.15) is 51.2 Å². The molecule has 0 aliphatic carbocycles. The van der Waals surface area contributed by atoms with Gasteiger partial charge in [-0.2, -0.15) is 0 Å². The maximum Gasteiger partial charge on any atom is 0.146 e. The number of aromatic nitrogens is 2. The van der Waals surface area contributed by atoms with Crippen LogP contribution in [0.3, 0.4) is 0 Å². The van der Waals surface area contributed by atoms with E-state index in [2.05, 4.69) is 41.7 Å². The molecule has 0 radical (unpaired) electrons. The molecular formula is C16H22ClN3. The van der Waals surface area contributed by atoms with Gasteiger partial charge in [-0.15, -0.1) is 11.6 Å². The van der Waals surface area contributed by atoms with Crippen molar-refractivity contribution in [1.82, 2.24) is 9.66 Å². The maximum absolute atomic E-state index is 6.38. The third-order valence-corrected chi connectivity index (χ3v) is 4.49. The molecule has 108 valence electrons. The van der Waals surface area contributed by atoms with Crippen molar-refractivity contribution < 1.29 is 0 Å². The lowest BCUT2D eigenvalue weighted by atomic mass is 10.00. The van der Waals surface area contributed by atoms with Crippen LogP contribution in [0, 0.1) is 0 Å². The van der Waals surface area contributed by atoms with Gasteiger partial charge in [0.15, 0.2) is 0 Å². The molecule has 0 bridgehead atoms. The Morgan fingerprint density at radius 3 is 2.50 bits per heavy atom. The summed E-state index contributed by atoms with van der Waals surface area (Å²) < 4.78 is 2.27. The van der Waals surface area contributed by atoms with Crippen molar-refractivity contribution in [2.75, 3.05) is 5.01 Å². The number of para-hydroxylation sites is 2. The van der Waals surface area contributed by atoms with E-state index in [-0.39, 0.29) is 5.38 Å². The van der Waals surface area contributed by atoms with Crippen LogP contribution in [0.15, 0.2) is 24.3 Å². The monoisotopic (exact) mass is 291 g/mol. The Labute approximate surface area is 125 Å². The molecule has 1 aliphatic heterocycles. The van der Waals surface area contributed by atoms with Gasteiger partial charge >= 0.3 is 0 Å². The quantitative estimate of drug-likeness (QED) is 0.772. The van der Waals surface area contributed by atoms with E-state index in [1.165, 1.54) is 19.3 Å². The SMILES string of the molecule is CC(Cl)c1nc2ccccc2n1N1C(C)CCCC1C. The molecule has 1 aromatic carbocycles. The summed E-state index contributed by atoms with van der Waals surface area (Å²) in [5.74, 6) is 0.952. The highest BCUT2D eigenvalue weighted by Crippen LogP contribution is 2.29. The number of fused-ring (bicyclic) bond motifs is 1. The van der Waals surface area contributed by atoms with E-state index in [0.29, 0.717) is 12.1 Å². The molecular weight excluding hydrogens is 270 g/mol. The predicted molar refractivity (Wildman–Crippen MR) is 85.0 cm³/mol. The lowest BCUT2D eigenvalue weighted by Gasteiger charge is -2.42. The van der Waals surface area contributed by atoms with Gasteiger partial charge < -0.3 is 5.01 Å². The highest BCUT2D eigenvalue weighted by molar-refractivity contribution is 6.20. The first-order chi connectivity index (χ1) is 9.59. The van der Waals surface area contributed by atoms with Crippen LogP contribution >= 0.6 is 11.6 Å². The van der Waals surface area contributed by atoms with E-state index in [4.69, 9.17) is 16.6 Å². The predicted octanol–water partition coefficient (Wildman–Crippen LogP) is 4.24. The average Bonchev–Trinajstić information content (AvgIpc) is 2.78. The van der Waals surface area contributed by atoms with Crippen molar-refractivity contribution in [3.63, 3.8) is 0 Å². The first-order valence-corrected chi connectivity index (χ1v) is 7.93. The smallest absolute Gasteiger partial charge is 0.146 e. The topological polar surface area (TPSA) is 21.1 Å². The molecule has 1 aromatic heterocycles. The Balaban J connectivity index is 2.19. The Morgan fingerprint density at radius 2 is 1.85 bits per heavy atom. The molecule has 3 rings (SSSR count). The van der Waals surface area contributed by atoms with Gasteiger partial charge in [0.1, 0.15) is 5.82 Å². The Hall–Kier alpha value is -1.22. The van der Waals surface area contributed by atoms with E-state index in [1.54, 1.807) is 0 Å². The van der Waals surface area contributed by atoms with Gasteiger partial charge in [-0.05, 0) is 52.2 Å². The number of hydrogen-bond donors (Lipinski definition) is 0. The minimum absolute atomic E-state index is 0.0938. The van der Waals surface area contributed by atoms with Gasteiger partial charge in [-0.25, -0.2) is 9.66 Å². The third kappa shape index (κ3) is 2.18. The summed E-state index contributed by atoms with van der Waals surface area (Å²) in [4.78, 5) is 4.75. The molecule has 0 amide bonds. The van der Waals surface area contributed by atoms with Crippen LogP contribution in [0.4, 0.5) is 0 Å². The molecule has 2 aromatic rings. The Kier molecular flexibility index (Phi) is 3.63. The number of benzene rings is 1. The summed E-state index contributed by atoms with van der Waals surface area (Å²) in [6.07, 6.45) is 3.76. The van der Waals surface area contributed by atoms with E-state index in [9.17, 15) is 0 Å². The van der Waals surface area contributed by atoms with Crippen molar-refractivity contribution in [3.8, 4) is 0 Å². The van der Waals surface area contributed by atoms with Crippen molar-refractivity contribution in [3.05, 3.63) is 30.1 Å². The molecule has 0 spiro atoms. The second kappa shape index (κ2) is 5.28. The fourth-order valence-electron chi connectivity index (χ4n) is 3.33. The number of halogens is 1. The summed E-state index contributed by atoms with van der Waals surface area (Å²) in [5.41, 5.74) is 2.19. The number of imidazole rings is 1. The van der Waals surface area contributed by atoms with Crippen molar-refractivity contribution in [1.29, 1.82) is 0 Å². The molecule has 1 fully saturated rings. The van der Waals surface area contributed by atoms with E-state index < -0.39 is 0 Å². The van der Waals surface area contributed by atoms with Gasteiger partial charge in [0, 0.05) is 12.1 Å². The summed E-state index contributed by atoms with van der Waals surface area (Å²) in [6, 6.07) is 9.34. The van der Waals surface area contributed by atoms with Crippen LogP contribution in [-0.4, -0.2) is 21.7 Å². The van der Waals surface area contributed by atoms with Gasteiger partial charge in [-0.3, -0.25) is 0 Å². The first-order valence-electron chi connectivity index (χ1n) is 7.49. The first kappa shape index (κ1) is 13.7. The highest BCUT2D eigenvalue weighted by Gasteiger charge is 2.29. The Bertz CT molecular complexity index is 595. The largest absolute Gasteiger partial charge is 0.305 e. The fraction of sp³-hybridized carbons (Fsp3) is 0.562. The molecule has 1 saturated heterocycles. The van der Waals surface area contributed by atoms with E-state index >= 15 is 0 Å². The van der Waals surface area contributed by atoms with E-state index in [1.807, 2.05) is 13.0 Å². The standard InChI is InChI=1S/C16H22ClN3/c1-11-7-6-8-12(2)19(11)20-15-10-5-4-9-14(15)18-16(20)13(3)17/h4-5,9-13H,6-8H2,1-3H3. The van der Waals surface area contributed by atoms with Crippen LogP contribution in [0.2, 0.25) is 0 Å². The molecule has 3 nitrogen and oxygen atoms in total. The van der Waals surface area contributed by atoms with Gasteiger partial charge in [0.05, 0.1) is 16.4 Å². The summed E-state index contributed by atoms with van der Waals surface area (Å²) in [7, 11) is 0. The summed E-state index contributed by atoms with van der Waals surface area (Å²) in [5, 5.41) is 2.37. The highest BCUT2D eigenvalue weighted by atomic mass is 35.5. The van der Waals surface area contributed by atoms with Crippen LogP contribution in [-0.2, 0) is 0 Å². The number of rotatable bonds is 2. The fourth-order valence-corrected chi connectivity index (χ4v) is 3.48. The summed E-state index contributed by atoms with van der Waals surface area (Å²) >= 11 is 6.38. The van der Waals surface area contributed by atoms with Crippen LogP contribution < -0.4 is 5.01 Å². The molecule has 1 aliphatic rings. The maximum atomic E-state index is 6.38. The zero-order valence-electron chi connectivity index (χ0n) is 12.4. The molecule has 4 heteroatoms. The minimum atomic E-state index is -0.0938. The van der Waals surface area contributed by atoms with Crippen molar-refractivity contribution in [2.24, 2.45) is 0 Å². The molecule has 2 heterocycles. The molecule has 20 heavy (non-hydrogen) atoms. The number of piperidine rings is 1. The number of hydrogen-bond acceptors (Lipinski definition) is 2. The zero-order chi connectivity index (χ0) is 14.3. The van der Waals surface area contributed by atoms with Gasteiger partial charge in [0.25, 0.3) is 0 Å². The molecule has 3 atom stereocenters. The van der Waals surface area contributed by atoms with Gasteiger partial charge in [-0.1, -0.05) is 12.1 Å². The molecule has 0 N–H and O–H groups in total. The number of nitrogens with zero attached hydrogens (tertiary/aromatic N) is 3. The Morgan fingerprint density at radius 1 is 1.20 bits per heavy atom. The molecule has 0 saturated carbocycles. The third-order valence-electron chi connectivity index (χ3n) is 4.30. The van der Waals surface area contributed by atoms with Crippen molar-refractivity contribution in [2.45, 2.75) is 57.5 Å². The summed E-state index contributed by atoms with van der Waals surface area (Å²) in [6.45, 7) is 6.60. The second-order valence-electron chi connectivity index (χ2n) is 5.90. The lowest BCUT2D eigenvalue weighted by molar-refractivity contribution is 0.335. The van der Waals surface area contributed by atoms with Crippen LogP contribution in [0.5, 0.6) is 0 Å².